The lowest BCUT2D eigenvalue weighted by molar-refractivity contribution is -0.130. The maximum atomic E-state index is 11.5. The van der Waals surface area contributed by atoms with E-state index in [2.05, 4.69) is 26.0 Å². The number of fused-ring (bicyclic) bond motifs is 2. The van der Waals surface area contributed by atoms with Crippen molar-refractivity contribution in [3.63, 3.8) is 0 Å². The fraction of sp³-hybridized carbons (Fsp3) is 0.700. The summed E-state index contributed by atoms with van der Waals surface area (Å²) in [7, 11) is 0. The third kappa shape index (κ3) is 0.867. The molecular formula is C10H14O. The van der Waals surface area contributed by atoms with E-state index >= 15 is 0 Å². The lowest BCUT2D eigenvalue weighted by Crippen LogP contribution is -2.33. The minimum absolute atomic E-state index is 0.278. The predicted octanol–water partition coefficient (Wildman–Crippen LogP) is 2.03. The highest BCUT2D eigenvalue weighted by Gasteiger charge is 2.39. The molecule has 0 aromatic carbocycles. The Morgan fingerprint density at radius 2 is 1.64 bits per heavy atom. The van der Waals surface area contributed by atoms with Crippen molar-refractivity contribution in [1.29, 1.82) is 0 Å². The molecule has 2 aliphatic carbocycles. The van der Waals surface area contributed by atoms with E-state index < -0.39 is 0 Å². The molecule has 1 fully saturated rings. The molecule has 60 valence electrons. The minimum atomic E-state index is 0.278. The number of ketones is 1. The van der Waals surface area contributed by atoms with Gasteiger partial charge in [-0.05, 0) is 18.3 Å². The minimum Gasteiger partial charge on any atom is -0.299 e. The summed E-state index contributed by atoms with van der Waals surface area (Å²) in [6.45, 7) is 4.13. The molecule has 2 aliphatic rings. The van der Waals surface area contributed by atoms with E-state index in [-0.39, 0.29) is 11.8 Å². The molecule has 0 saturated heterocycles. The Hall–Kier alpha value is -0.590. The van der Waals surface area contributed by atoms with Gasteiger partial charge in [-0.25, -0.2) is 0 Å². The quantitative estimate of drug-likeness (QED) is 0.483. The number of hydrogen-bond donors (Lipinski definition) is 0. The zero-order valence-electron chi connectivity index (χ0n) is 7.08. The van der Waals surface area contributed by atoms with E-state index in [0.717, 1.165) is 0 Å². The third-order valence-electron chi connectivity index (χ3n) is 3.33. The smallest absolute Gasteiger partial charge is 0.139 e. The summed E-state index contributed by atoms with van der Waals surface area (Å²) >= 11 is 0. The van der Waals surface area contributed by atoms with Crippen LogP contribution < -0.4 is 0 Å². The molecule has 0 spiro atoms. The van der Waals surface area contributed by atoms with Gasteiger partial charge in [0.2, 0.25) is 0 Å². The third-order valence-corrected chi connectivity index (χ3v) is 3.33. The van der Waals surface area contributed by atoms with Gasteiger partial charge in [0, 0.05) is 11.8 Å². The molecule has 1 nitrogen and oxygen atoms in total. The largest absolute Gasteiger partial charge is 0.299 e. The topological polar surface area (TPSA) is 17.1 Å². The highest BCUT2D eigenvalue weighted by molar-refractivity contribution is 5.85. The Morgan fingerprint density at radius 1 is 1.18 bits per heavy atom. The molecule has 0 aromatic rings. The summed E-state index contributed by atoms with van der Waals surface area (Å²) in [5.41, 5.74) is 0. The second-order valence-corrected chi connectivity index (χ2v) is 3.93. The van der Waals surface area contributed by atoms with Crippen LogP contribution in [0.1, 0.15) is 20.3 Å². The van der Waals surface area contributed by atoms with Crippen LogP contribution in [0.2, 0.25) is 0 Å². The van der Waals surface area contributed by atoms with Crippen molar-refractivity contribution in [3.05, 3.63) is 12.2 Å². The van der Waals surface area contributed by atoms with Crippen molar-refractivity contribution in [2.45, 2.75) is 20.3 Å². The van der Waals surface area contributed by atoms with Crippen molar-refractivity contribution < 1.29 is 4.79 Å². The van der Waals surface area contributed by atoms with Crippen molar-refractivity contribution in [3.8, 4) is 0 Å². The van der Waals surface area contributed by atoms with Gasteiger partial charge in [0.15, 0.2) is 0 Å². The Kier molecular flexibility index (Phi) is 1.41. The molecular weight excluding hydrogens is 136 g/mol. The first-order valence-corrected chi connectivity index (χ1v) is 4.42. The summed E-state index contributed by atoms with van der Waals surface area (Å²) in [4.78, 5) is 11.5. The van der Waals surface area contributed by atoms with E-state index in [1.165, 1.54) is 6.42 Å². The maximum absolute atomic E-state index is 11.5. The van der Waals surface area contributed by atoms with Crippen LogP contribution in [-0.4, -0.2) is 5.78 Å². The SMILES string of the molecule is C[C@@H]1C(=O)[C@H](C)[C@@H]2C=C[C@H]1C2. The van der Waals surface area contributed by atoms with E-state index in [4.69, 9.17) is 0 Å². The average Bonchev–Trinajstić information content (AvgIpc) is 2.44. The van der Waals surface area contributed by atoms with E-state index in [1.807, 2.05) is 0 Å². The first-order valence-electron chi connectivity index (χ1n) is 4.42. The van der Waals surface area contributed by atoms with Crippen molar-refractivity contribution in [2.24, 2.45) is 23.7 Å². The Bertz CT molecular complexity index is 197. The summed E-state index contributed by atoms with van der Waals surface area (Å²) in [6.07, 6.45) is 5.68. The summed E-state index contributed by atoms with van der Waals surface area (Å²) in [5, 5.41) is 0. The van der Waals surface area contributed by atoms with Crippen LogP contribution in [0, 0.1) is 23.7 Å². The van der Waals surface area contributed by atoms with Gasteiger partial charge in [-0.1, -0.05) is 26.0 Å². The van der Waals surface area contributed by atoms with Crippen LogP contribution in [0.3, 0.4) is 0 Å². The normalized spacial score (nSPS) is 48.4. The molecule has 1 heteroatoms. The van der Waals surface area contributed by atoms with E-state index in [0.29, 0.717) is 17.6 Å². The lowest BCUT2D eigenvalue weighted by atomic mass is 9.73. The molecule has 0 aromatic heterocycles. The molecule has 0 N–H and O–H groups in total. The molecule has 0 aliphatic heterocycles. The molecule has 11 heavy (non-hydrogen) atoms. The van der Waals surface area contributed by atoms with Gasteiger partial charge in [0.05, 0.1) is 0 Å². The maximum Gasteiger partial charge on any atom is 0.139 e. The van der Waals surface area contributed by atoms with Gasteiger partial charge in [0.25, 0.3) is 0 Å². The molecule has 0 radical (unpaired) electrons. The summed E-state index contributed by atoms with van der Waals surface area (Å²) in [5.74, 6) is 2.14. The van der Waals surface area contributed by atoms with E-state index in [9.17, 15) is 4.79 Å². The second-order valence-electron chi connectivity index (χ2n) is 3.93. The molecule has 1 saturated carbocycles. The van der Waals surface area contributed by atoms with Gasteiger partial charge in [-0.2, -0.15) is 0 Å². The Labute approximate surface area is 67.5 Å². The van der Waals surface area contributed by atoms with Crippen molar-refractivity contribution in [2.75, 3.05) is 0 Å². The number of allylic oxidation sites excluding steroid dienone is 2. The fourth-order valence-corrected chi connectivity index (χ4v) is 2.34. The van der Waals surface area contributed by atoms with Crippen molar-refractivity contribution >= 4 is 5.78 Å². The van der Waals surface area contributed by atoms with Crippen LogP contribution in [0.4, 0.5) is 0 Å². The number of carbonyl (C=O) groups is 1. The first kappa shape index (κ1) is 7.08. The molecule has 0 unspecified atom stereocenters. The monoisotopic (exact) mass is 150 g/mol. The van der Waals surface area contributed by atoms with Crippen LogP contribution in [0.5, 0.6) is 0 Å². The molecule has 0 heterocycles. The number of carbonyl (C=O) groups excluding carboxylic acids is 1. The second kappa shape index (κ2) is 2.20. The average molecular weight is 150 g/mol. The fourth-order valence-electron chi connectivity index (χ4n) is 2.34. The summed E-state index contributed by atoms with van der Waals surface area (Å²) in [6, 6.07) is 0. The van der Waals surface area contributed by atoms with Gasteiger partial charge < -0.3 is 0 Å². The van der Waals surface area contributed by atoms with Gasteiger partial charge in [-0.3, -0.25) is 4.79 Å². The van der Waals surface area contributed by atoms with E-state index in [1.54, 1.807) is 0 Å². The Balaban J connectivity index is 2.29. The van der Waals surface area contributed by atoms with Crippen molar-refractivity contribution in [1.82, 2.24) is 0 Å². The highest BCUT2D eigenvalue weighted by atomic mass is 16.1. The molecule has 2 bridgehead atoms. The van der Waals surface area contributed by atoms with Crippen LogP contribution in [0.15, 0.2) is 12.2 Å². The predicted molar refractivity (Wildman–Crippen MR) is 44.1 cm³/mol. The Morgan fingerprint density at radius 3 is 2.09 bits per heavy atom. The number of rotatable bonds is 0. The number of hydrogen-bond acceptors (Lipinski definition) is 1. The molecule has 2 rings (SSSR count). The highest BCUT2D eigenvalue weighted by Crippen LogP contribution is 2.41. The standard InChI is InChI=1S/C10H14O/c1-6-8-3-4-9(5-8)7(2)10(6)11/h3-4,6-9H,5H2,1-2H3/t6-,7+,8-,9+. The van der Waals surface area contributed by atoms with Crippen LogP contribution in [-0.2, 0) is 4.79 Å². The van der Waals surface area contributed by atoms with Gasteiger partial charge in [0.1, 0.15) is 5.78 Å². The summed E-state index contributed by atoms with van der Waals surface area (Å²) < 4.78 is 0. The lowest BCUT2D eigenvalue weighted by Gasteiger charge is -2.29. The van der Waals surface area contributed by atoms with Gasteiger partial charge >= 0.3 is 0 Å². The zero-order chi connectivity index (χ0) is 8.01. The van der Waals surface area contributed by atoms with Crippen LogP contribution >= 0.6 is 0 Å². The van der Waals surface area contributed by atoms with Gasteiger partial charge in [-0.15, -0.1) is 0 Å². The first-order chi connectivity index (χ1) is 5.20. The molecule has 4 atom stereocenters. The zero-order valence-corrected chi connectivity index (χ0v) is 7.08. The number of Topliss-reactive ketones (excluding diaryl/α,β-unsaturated/α-hetero) is 1. The molecule has 0 amide bonds. The van der Waals surface area contributed by atoms with Crippen LogP contribution in [0.25, 0.3) is 0 Å².